The molecule has 0 amide bonds. The van der Waals surface area contributed by atoms with E-state index in [1.54, 1.807) is 36.5 Å². The Kier molecular flexibility index (Phi) is 5.24. The van der Waals surface area contributed by atoms with Crippen LogP contribution in [0.4, 0.5) is 0 Å². The Morgan fingerprint density at radius 3 is 2.46 bits per heavy atom. The summed E-state index contributed by atoms with van der Waals surface area (Å²) >= 11 is 12.2. The number of carbonyl (C=O) groups excluding carboxylic acids is 1. The lowest BCUT2D eigenvalue weighted by atomic mass is 9.88. The monoisotopic (exact) mass is 356 g/mol. The third-order valence-electron chi connectivity index (χ3n) is 3.76. The molecule has 0 aliphatic heterocycles. The zero-order valence-electron chi connectivity index (χ0n) is 12.7. The van der Waals surface area contributed by atoms with Crippen LogP contribution in [0.1, 0.15) is 27.5 Å². The van der Waals surface area contributed by atoms with Crippen LogP contribution >= 0.6 is 23.2 Å². The van der Waals surface area contributed by atoms with Gasteiger partial charge in [-0.05, 0) is 36.2 Å². The average Bonchev–Trinajstić information content (AvgIpc) is 2.62. The summed E-state index contributed by atoms with van der Waals surface area (Å²) in [7, 11) is 0. The van der Waals surface area contributed by atoms with Crippen LogP contribution in [0.2, 0.25) is 10.0 Å². The van der Waals surface area contributed by atoms with Crippen LogP contribution in [0, 0.1) is 0 Å². The highest BCUT2D eigenvalue weighted by molar-refractivity contribution is 6.35. The average molecular weight is 357 g/mol. The van der Waals surface area contributed by atoms with E-state index in [0.29, 0.717) is 27.7 Å². The Morgan fingerprint density at radius 2 is 1.79 bits per heavy atom. The van der Waals surface area contributed by atoms with E-state index in [9.17, 15) is 4.79 Å². The molecule has 3 aromatic rings. The molecule has 0 aliphatic carbocycles. The van der Waals surface area contributed by atoms with Gasteiger partial charge in [-0.3, -0.25) is 4.79 Å². The molecule has 0 bridgehead atoms. The lowest BCUT2D eigenvalue weighted by Crippen LogP contribution is -2.17. The van der Waals surface area contributed by atoms with Crippen molar-refractivity contribution in [2.75, 3.05) is 0 Å². The van der Waals surface area contributed by atoms with Crippen LogP contribution < -0.4 is 0 Å². The number of ketones is 1. The van der Waals surface area contributed by atoms with Gasteiger partial charge >= 0.3 is 0 Å². The van der Waals surface area contributed by atoms with Crippen LogP contribution in [0.15, 0.2) is 66.9 Å². The largest absolute Gasteiger partial charge is 0.293 e. The second-order valence-corrected chi connectivity index (χ2v) is 6.21. The highest BCUT2D eigenvalue weighted by atomic mass is 35.5. The van der Waals surface area contributed by atoms with Gasteiger partial charge in [0.25, 0.3) is 0 Å². The molecule has 120 valence electrons. The van der Waals surface area contributed by atoms with Gasteiger partial charge in [0.15, 0.2) is 5.78 Å². The van der Waals surface area contributed by atoms with Gasteiger partial charge in [0.05, 0.1) is 11.6 Å². The standard InChI is InChI=1S/C19H14Cl2N2O/c20-15-9-8-14(17(21)12-15)11-16(18-7-4-10-22-23-18)19(24)13-5-2-1-3-6-13/h1-10,12,16H,11H2. The molecule has 2 aromatic carbocycles. The predicted octanol–water partition coefficient (Wildman–Crippen LogP) is 4.99. The zero-order valence-corrected chi connectivity index (χ0v) is 14.2. The fourth-order valence-electron chi connectivity index (χ4n) is 2.54. The van der Waals surface area contributed by atoms with Gasteiger partial charge in [0.1, 0.15) is 0 Å². The van der Waals surface area contributed by atoms with Crippen molar-refractivity contribution in [3.63, 3.8) is 0 Å². The van der Waals surface area contributed by atoms with Gasteiger partial charge in [-0.15, -0.1) is 0 Å². The Labute approximate surface area is 150 Å². The number of carbonyl (C=O) groups is 1. The van der Waals surface area contributed by atoms with Crippen molar-refractivity contribution in [2.24, 2.45) is 0 Å². The first-order valence-corrected chi connectivity index (χ1v) is 8.21. The topological polar surface area (TPSA) is 42.9 Å². The summed E-state index contributed by atoms with van der Waals surface area (Å²) in [5, 5.41) is 9.14. The summed E-state index contributed by atoms with van der Waals surface area (Å²) in [4.78, 5) is 13.0. The van der Waals surface area contributed by atoms with Crippen molar-refractivity contribution in [3.05, 3.63) is 93.7 Å². The minimum atomic E-state index is -0.459. The molecule has 0 spiro atoms. The minimum absolute atomic E-state index is 0.0119. The molecular weight excluding hydrogens is 343 g/mol. The molecule has 1 atom stereocenters. The van der Waals surface area contributed by atoms with Gasteiger partial charge in [-0.2, -0.15) is 10.2 Å². The normalized spacial score (nSPS) is 11.9. The quantitative estimate of drug-likeness (QED) is 0.604. The maximum absolute atomic E-state index is 13.0. The van der Waals surface area contributed by atoms with E-state index >= 15 is 0 Å². The highest BCUT2D eigenvalue weighted by Gasteiger charge is 2.25. The minimum Gasteiger partial charge on any atom is -0.293 e. The molecule has 5 heteroatoms. The van der Waals surface area contributed by atoms with Crippen molar-refractivity contribution < 1.29 is 4.79 Å². The van der Waals surface area contributed by atoms with Gasteiger partial charge in [0, 0.05) is 21.8 Å². The Hall–Kier alpha value is -2.23. The smallest absolute Gasteiger partial charge is 0.172 e. The first-order chi connectivity index (χ1) is 11.6. The molecule has 3 rings (SSSR count). The number of nitrogens with zero attached hydrogens (tertiary/aromatic N) is 2. The van der Waals surface area contributed by atoms with E-state index in [1.807, 2.05) is 30.3 Å². The fourth-order valence-corrected chi connectivity index (χ4v) is 3.03. The second-order valence-electron chi connectivity index (χ2n) is 5.37. The number of benzene rings is 2. The summed E-state index contributed by atoms with van der Waals surface area (Å²) < 4.78 is 0. The molecule has 1 unspecified atom stereocenters. The summed E-state index contributed by atoms with van der Waals surface area (Å²) in [6, 6.07) is 18.0. The maximum atomic E-state index is 13.0. The summed E-state index contributed by atoms with van der Waals surface area (Å²) in [6.45, 7) is 0. The second kappa shape index (κ2) is 7.56. The van der Waals surface area contributed by atoms with Crippen molar-refractivity contribution in [1.29, 1.82) is 0 Å². The number of hydrogen-bond acceptors (Lipinski definition) is 3. The summed E-state index contributed by atoms with van der Waals surface area (Å²) in [6.07, 6.45) is 2.02. The van der Waals surface area contributed by atoms with Crippen molar-refractivity contribution >= 4 is 29.0 Å². The fraction of sp³-hybridized carbons (Fsp3) is 0.105. The lowest BCUT2D eigenvalue weighted by Gasteiger charge is -2.16. The van der Waals surface area contributed by atoms with Gasteiger partial charge in [-0.25, -0.2) is 0 Å². The molecule has 0 radical (unpaired) electrons. The Bertz CT molecular complexity index is 839. The zero-order chi connectivity index (χ0) is 16.9. The number of Topliss-reactive ketones (excluding diaryl/α,β-unsaturated/α-hetero) is 1. The molecular formula is C19H14Cl2N2O. The van der Waals surface area contributed by atoms with E-state index in [-0.39, 0.29) is 5.78 Å². The first kappa shape index (κ1) is 16.6. The SMILES string of the molecule is O=C(c1ccccc1)C(Cc1ccc(Cl)cc1Cl)c1cccnn1. The van der Waals surface area contributed by atoms with E-state index in [1.165, 1.54) is 0 Å². The maximum Gasteiger partial charge on any atom is 0.172 e. The Morgan fingerprint density at radius 1 is 1.00 bits per heavy atom. The molecule has 3 nitrogen and oxygen atoms in total. The lowest BCUT2D eigenvalue weighted by molar-refractivity contribution is 0.0957. The van der Waals surface area contributed by atoms with Crippen LogP contribution in [-0.2, 0) is 6.42 Å². The summed E-state index contributed by atoms with van der Waals surface area (Å²) in [5.74, 6) is -0.470. The van der Waals surface area contributed by atoms with E-state index < -0.39 is 5.92 Å². The van der Waals surface area contributed by atoms with E-state index in [0.717, 1.165) is 5.56 Å². The van der Waals surface area contributed by atoms with Crippen LogP contribution in [0.25, 0.3) is 0 Å². The molecule has 0 saturated carbocycles. The van der Waals surface area contributed by atoms with Crippen LogP contribution in [-0.4, -0.2) is 16.0 Å². The Balaban J connectivity index is 1.98. The number of rotatable bonds is 5. The van der Waals surface area contributed by atoms with Crippen molar-refractivity contribution in [1.82, 2.24) is 10.2 Å². The van der Waals surface area contributed by atoms with Gasteiger partial charge in [-0.1, -0.05) is 59.6 Å². The van der Waals surface area contributed by atoms with Crippen molar-refractivity contribution in [2.45, 2.75) is 12.3 Å². The molecule has 24 heavy (non-hydrogen) atoms. The molecule has 0 N–H and O–H groups in total. The summed E-state index contributed by atoms with van der Waals surface area (Å²) in [5.41, 5.74) is 2.11. The van der Waals surface area contributed by atoms with E-state index in [4.69, 9.17) is 23.2 Å². The van der Waals surface area contributed by atoms with Gasteiger partial charge in [0.2, 0.25) is 0 Å². The molecule has 0 aliphatic rings. The molecule has 1 heterocycles. The van der Waals surface area contributed by atoms with E-state index in [2.05, 4.69) is 10.2 Å². The first-order valence-electron chi connectivity index (χ1n) is 7.46. The molecule has 1 aromatic heterocycles. The number of hydrogen-bond donors (Lipinski definition) is 0. The third kappa shape index (κ3) is 3.81. The van der Waals surface area contributed by atoms with Gasteiger partial charge < -0.3 is 0 Å². The highest BCUT2D eigenvalue weighted by Crippen LogP contribution is 2.28. The van der Waals surface area contributed by atoms with Crippen molar-refractivity contribution in [3.8, 4) is 0 Å². The predicted molar refractivity (Wildman–Crippen MR) is 95.7 cm³/mol. The number of aromatic nitrogens is 2. The van der Waals surface area contributed by atoms with Crippen LogP contribution in [0.3, 0.4) is 0 Å². The number of halogens is 2. The molecule has 0 fully saturated rings. The molecule has 0 saturated heterocycles. The van der Waals surface area contributed by atoms with Crippen LogP contribution in [0.5, 0.6) is 0 Å². The third-order valence-corrected chi connectivity index (χ3v) is 4.35.